The van der Waals surface area contributed by atoms with E-state index in [0.717, 1.165) is 29.6 Å². The fourth-order valence-electron chi connectivity index (χ4n) is 6.37. The van der Waals surface area contributed by atoms with Gasteiger partial charge in [0.25, 0.3) is 0 Å². The molecule has 5 rings (SSSR count). The first-order chi connectivity index (χ1) is 17.4. The van der Waals surface area contributed by atoms with Gasteiger partial charge in [-0.2, -0.15) is 0 Å². The van der Waals surface area contributed by atoms with Crippen LogP contribution in [0.4, 0.5) is 0 Å². The average molecular weight is 522 g/mol. The van der Waals surface area contributed by atoms with Gasteiger partial charge in [0.2, 0.25) is 0 Å². The van der Waals surface area contributed by atoms with Crippen molar-refractivity contribution in [1.29, 1.82) is 0 Å². The Morgan fingerprint density at radius 2 is 1.81 bits per heavy atom. The van der Waals surface area contributed by atoms with E-state index in [1.54, 1.807) is 6.33 Å². The molecular formula is C29H39N5O2S. The second kappa shape index (κ2) is 9.55. The van der Waals surface area contributed by atoms with Crippen LogP contribution in [0.5, 0.6) is 0 Å². The van der Waals surface area contributed by atoms with Crippen molar-refractivity contribution in [3.05, 3.63) is 53.0 Å². The van der Waals surface area contributed by atoms with E-state index in [2.05, 4.69) is 86.0 Å². The molecule has 1 saturated heterocycles. The summed E-state index contributed by atoms with van der Waals surface area (Å²) in [5.74, 6) is 1.03. The molecule has 1 aliphatic heterocycles. The number of nitrogens with one attached hydrogen (secondary N) is 1. The molecule has 2 atom stereocenters. The number of piperidine rings is 1. The maximum absolute atomic E-state index is 11.7. The number of aromatic amines is 1. The van der Waals surface area contributed by atoms with Gasteiger partial charge in [-0.05, 0) is 86.8 Å². The highest BCUT2D eigenvalue weighted by molar-refractivity contribution is 7.90. The molecule has 3 aromatic heterocycles. The van der Waals surface area contributed by atoms with Crippen LogP contribution < -0.4 is 0 Å². The molecular weight excluding hydrogens is 482 g/mol. The first kappa shape index (κ1) is 25.9. The summed E-state index contributed by atoms with van der Waals surface area (Å²) in [6.45, 7) is 13.9. The lowest BCUT2D eigenvalue weighted by atomic mass is 9.81. The lowest BCUT2D eigenvalue weighted by Gasteiger charge is -2.43. The third-order valence-corrected chi connectivity index (χ3v) is 9.35. The number of hydrogen-bond donors (Lipinski definition) is 1. The van der Waals surface area contributed by atoms with Crippen molar-refractivity contribution in [2.45, 2.75) is 78.3 Å². The second-order valence-electron chi connectivity index (χ2n) is 11.5. The van der Waals surface area contributed by atoms with E-state index in [9.17, 15) is 8.42 Å². The number of nitrogens with zero attached hydrogens (tertiary/aromatic N) is 4. The van der Waals surface area contributed by atoms with Gasteiger partial charge in [0, 0.05) is 47.5 Å². The Labute approximate surface area is 220 Å². The van der Waals surface area contributed by atoms with Crippen molar-refractivity contribution in [2.24, 2.45) is 0 Å². The molecule has 37 heavy (non-hydrogen) atoms. The molecule has 4 aromatic rings. The molecule has 0 radical (unpaired) electrons. The van der Waals surface area contributed by atoms with E-state index in [0.29, 0.717) is 30.5 Å². The first-order valence-corrected chi connectivity index (χ1v) is 15.4. The molecule has 198 valence electrons. The number of aryl methyl sites for hydroxylation is 1. The Morgan fingerprint density at radius 3 is 2.46 bits per heavy atom. The van der Waals surface area contributed by atoms with Crippen molar-refractivity contribution in [1.82, 2.24) is 24.5 Å². The van der Waals surface area contributed by atoms with Crippen LogP contribution in [0.25, 0.3) is 27.8 Å². The number of sulfone groups is 1. The summed E-state index contributed by atoms with van der Waals surface area (Å²) in [5, 5.41) is 9.69. The highest BCUT2D eigenvalue weighted by atomic mass is 32.2. The summed E-state index contributed by atoms with van der Waals surface area (Å²) < 4.78 is 25.5. The minimum atomic E-state index is -2.96. The topological polar surface area (TPSA) is 83.4 Å². The largest absolute Gasteiger partial charge is 0.354 e. The zero-order valence-electron chi connectivity index (χ0n) is 23.0. The van der Waals surface area contributed by atoms with Crippen molar-refractivity contribution in [2.75, 3.05) is 18.6 Å². The van der Waals surface area contributed by atoms with Gasteiger partial charge < -0.3 is 4.98 Å². The Morgan fingerprint density at radius 1 is 1.11 bits per heavy atom. The SMILES string of the molecule is Cc1c(-c2[nH]c3ccc(C4CC(C)N(CCS(C)(=O)=O)C(C)C4)cc3c2C(C)C)cn2cnnc2c1C. The third kappa shape index (κ3) is 4.81. The smallest absolute Gasteiger partial charge is 0.163 e. The van der Waals surface area contributed by atoms with E-state index < -0.39 is 9.84 Å². The number of H-pyrrole nitrogens is 1. The van der Waals surface area contributed by atoms with E-state index >= 15 is 0 Å². The zero-order chi connectivity index (χ0) is 26.6. The monoisotopic (exact) mass is 521 g/mol. The van der Waals surface area contributed by atoms with Crippen LogP contribution in [0.3, 0.4) is 0 Å². The van der Waals surface area contributed by atoms with Crippen molar-refractivity contribution in [3.8, 4) is 11.3 Å². The second-order valence-corrected chi connectivity index (χ2v) is 13.7. The van der Waals surface area contributed by atoms with Gasteiger partial charge in [0.15, 0.2) is 5.65 Å². The minimum Gasteiger partial charge on any atom is -0.354 e. The number of aromatic nitrogens is 4. The summed E-state index contributed by atoms with van der Waals surface area (Å²) in [5.41, 5.74) is 9.52. The fourth-order valence-corrected chi connectivity index (χ4v) is 6.91. The van der Waals surface area contributed by atoms with Crippen LogP contribution in [0.1, 0.15) is 74.6 Å². The molecule has 7 nitrogen and oxygen atoms in total. The van der Waals surface area contributed by atoms with Gasteiger partial charge in [0.1, 0.15) is 16.2 Å². The summed E-state index contributed by atoms with van der Waals surface area (Å²) in [4.78, 5) is 6.12. The van der Waals surface area contributed by atoms with Gasteiger partial charge in [-0.25, -0.2) is 8.42 Å². The zero-order valence-corrected chi connectivity index (χ0v) is 23.9. The Bertz CT molecular complexity index is 1550. The molecule has 0 amide bonds. The number of likely N-dealkylation sites (tertiary alicyclic amines) is 1. The van der Waals surface area contributed by atoms with Gasteiger partial charge in [-0.1, -0.05) is 19.9 Å². The number of pyridine rings is 1. The van der Waals surface area contributed by atoms with Gasteiger partial charge >= 0.3 is 0 Å². The Hall–Kier alpha value is -2.71. The lowest BCUT2D eigenvalue weighted by Crippen LogP contribution is -2.47. The minimum absolute atomic E-state index is 0.224. The number of benzene rings is 1. The Kier molecular flexibility index (Phi) is 6.69. The van der Waals surface area contributed by atoms with Crippen molar-refractivity contribution in [3.63, 3.8) is 0 Å². The van der Waals surface area contributed by atoms with Crippen LogP contribution in [-0.4, -0.2) is 63.5 Å². The fraction of sp³-hybridized carbons (Fsp3) is 0.517. The van der Waals surface area contributed by atoms with Crippen LogP contribution in [0, 0.1) is 13.8 Å². The third-order valence-electron chi connectivity index (χ3n) is 8.43. The van der Waals surface area contributed by atoms with Crippen molar-refractivity contribution < 1.29 is 8.42 Å². The van der Waals surface area contributed by atoms with Crippen LogP contribution in [-0.2, 0) is 9.84 Å². The first-order valence-electron chi connectivity index (χ1n) is 13.3. The summed E-state index contributed by atoms with van der Waals surface area (Å²) in [6, 6.07) is 7.62. The Balaban J connectivity index is 1.52. The molecule has 0 saturated carbocycles. The molecule has 8 heteroatoms. The van der Waals surface area contributed by atoms with E-state index in [-0.39, 0.29) is 5.75 Å². The predicted molar refractivity (Wildman–Crippen MR) is 151 cm³/mol. The highest BCUT2D eigenvalue weighted by Gasteiger charge is 2.32. The number of fused-ring (bicyclic) bond motifs is 2. The molecule has 0 bridgehead atoms. The maximum Gasteiger partial charge on any atom is 0.163 e. The quantitative estimate of drug-likeness (QED) is 0.356. The molecule has 4 heterocycles. The predicted octanol–water partition coefficient (Wildman–Crippen LogP) is 5.62. The standard InChI is InChI=1S/C29H39N5O2S/c1-17(2)27-24-14-22(23-12-18(3)34(19(4)13-23)10-11-37(7,35)36)8-9-26(24)31-28(27)25-15-33-16-30-32-29(33)21(6)20(25)5/h8-9,14-19,23,31H,10-13H2,1-7H3. The van der Waals surface area contributed by atoms with Crippen LogP contribution in [0.15, 0.2) is 30.7 Å². The lowest BCUT2D eigenvalue weighted by molar-refractivity contribution is 0.0982. The van der Waals surface area contributed by atoms with Gasteiger partial charge in [0.05, 0.1) is 11.4 Å². The van der Waals surface area contributed by atoms with Gasteiger partial charge in [-0.15, -0.1) is 10.2 Å². The molecule has 1 aromatic carbocycles. The summed E-state index contributed by atoms with van der Waals surface area (Å²) >= 11 is 0. The molecule has 1 aliphatic rings. The van der Waals surface area contributed by atoms with Crippen LogP contribution in [0.2, 0.25) is 0 Å². The average Bonchev–Trinajstić information content (AvgIpc) is 3.44. The molecule has 0 aliphatic carbocycles. The number of hydrogen-bond acceptors (Lipinski definition) is 5. The van der Waals surface area contributed by atoms with E-state index in [1.807, 2.05) is 4.40 Å². The molecule has 2 unspecified atom stereocenters. The molecule has 1 fully saturated rings. The molecule has 1 N–H and O–H groups in total. The normalized spacial score (nSPS) is 21.5. The number of rotatable bonds is 6. The van der Waals surface area contributed by atoms with E-state index in [4.69, 9.17) is 0 Å². The van der Waals surface area contributed by atoms with E-state index in [1.165, 1.54) is 39.6 Å². The summed E-state index contributed by atoms with van der Waals surface area (Å²) in [7, 11) is -2.96. The molecule has 0 spiro atoms. The van der Waals surface area contributed by atoms with Crippen molar-refractivity contribution >= 4 is 26.4 Å². The maximum atomic E-state index is 11.7. The van der Waals surface area contributed by atoms with Gasteiger partial charge in [-0.3, -0.25) is 9.30 Å². The highest BCUT2D eigenvalue weighted by Crippen LogP contribution is 2.41. The van der Waals surface area contributed by atoms with Crippen LogP contribution >= 0.6 is 0 Å². The summed E-state index contributed by atoms with van der Waals surface area (Å²) in [6.07, 6.45) is 7.32.